The van der Waals surface area contributed by atoms with Gasteiger partial charge in [-0.25, -0.2) is 9.18 Å². The number of benzene rings is 1. The second-order valence-electron chi connectivity index (χ2n) is 4.89. The highest BCUT2D eigenvalue weighted by molar-refractivity contribution is 6.01. The number of hydrogen-bond donors (Lipinski definition) is 1. The largest absolute Gasteiger partial charge is 0.484 e. The average molecular weight is 336 g/mol. The summed E-state index contributed by atoms with van der Waals surface area (Å²) in [6.45, 7) is 1.12. The molecule has 8 heteroatoms. The third-order valence-electron chi connectivity index (χ3n) is 3.38. The fourth-order valence-electron chi connectivity index (χ4n) is 2.18. The van der Waals surface area contributed by atoms with Gasteiger partial charge in [0.05, 0.1) is 7.11 Å². The van der Waals surface area contributed by atoms with E-state index in [2.05, 4.69) is 10.1 Å². The van der Waals surface area contributed by atoms with Crippen LogP contribution in [0.3, 0.4) is 0 Å². The van der Waals surface area contributed by atoms with Crippen molar-refractivity contribution in [3.63, 3.8) is 0 Å². The maximum Gasteiger partial charge on any atom is 0.354 e. The number of allylic oxidation sites excluding steroid dienone is 1. The lowest BCUT2D eigenvalue weighted by atomic mass is 10.0. The molecule has 2 unspecified atom stereocenters. The molecule has 0 bridgehead atoms. The van der Waals surface area contributed by atoms with Gasteiger partial charge in [-0.05, 0) is 19.1 Å². The van der Waals surface area contributed by atoms with Crippen LogP contribution >= 0.6 is 0 Å². The van der Waals surface area contributed by atoms with Gasteiger partial charge in [-0.2, -0.15) is 0 Å². The first-order valence-electron chi connectivity index (χ1n) is 7.18. The van der Waals surface area contributed by atoms with E-state index in [1.807, 2.05) is 0 Å². The number of methoxy groups -OCH3 is 1. The number of nitrogens with zero attached hydrogens (tertiary/aromatic N) is 1. The quantitative estimate of drug-likeness (QED) is 0.359. The molecule has 1 aliphatic rings. The van der Waals surface area contributed by atoms with Gasteiger partial charge < -0.3 is 14.8 Å². The summed E-state index contributed by atoms with van der Waals surface area (Å²) in [6, 6.07) is 7.25. The number of esters is 1. The van der Waals surface area contributed by atoms with Crippen molar-refractivity contribution in [2.75, 3.05) is 13.7 Å². The van der Waals surface area contributed by atoms with Gasteiger partial charge in [0.25, 0.3) is 11.8 Å². The summed E-state index contributed by atoms with van der Waals surface area (Å²) in [5, 5.41) is 2.24. The summed E-state index contributed by atoms with van der Waals surface area (Å²) in [5.74, 6) is -1.72. The standard InChI is InChI=1S/C16H17FN2O5/c1-3-11(16(22)23-2)19-14(17)13(15(19)21)18-12(20)9-24-10-7-5-4-6-8-10/h3-8,13-14H,9H2,1-2H3,(H,18,20). The molecule has 7 nitrogen and oxygen atoms in total. The molecule has 0 aliphatic carbocycles. The summed E-state index contributed by atoms with van der Waals surface area (Å²) in [4.78, 5) is 35.9. The van der Waals surface area contributed by atoms with Gasteiger partial charge in [-0.15, -0.1) is 0 Å². The second-order valence-corrected chi connectivity index (χ2v) is 4.89. The summed E-state index contributed by atoms with van der Waals surface area (Å²) in [5.41, 5.74) is -0.207. The third kappa shape index (κ3) is 3.53. The number of para-hydroxylation sites is 1. The van der Waals surface area contributed by atoms with Crippen LogP contribution in [-0.4, -0.2) is 48.7 Å². The molecule has 1 fully saturated rings. The minimum Gasteiger partial charge on any atom is -0.484 e. The van der Waals surface area contributed by atoms with E-state index in [1.165, 1.54) is 13.0 Å². The number of likely N-dealkylation sites (tertiary alicyclic amines) is 1. The number of β-lactam (4-membered cyclic amide) rings is 1. The molecular weight excluding hydrogens is 319 g/mol. The monoisotopic (exact) mass is 336 g/mol. The molecule has 24 heavy (non-hydrogen) atoms. The molecule has 128 valence electrons. The Morgan fingerprint density at radius 2 is 2.00 bits per heavy atom. The van der Waals surface area contributed by atoms with Gasteiger partial charge in [0.2, 0.25) is 6.30 Å². The Hall–Kier alpha value is -2.90. The van der Waals surface area contributed by atoms with E-state index >= 15 is 0 Å². The van der Waals surface area contributed by atoms with Crippen LogP contribution in [0.2, 0.25) is 0 Å². The Balaban J connectivity index is 1.89. The van der Waals surface area contributed by atoms with E-state index in [9.17, 15) is 18.8 Å². The Morgan fingerprint density at radius 1 is 1.33 bits per heavy atom. The molecule has 2 amide bonds. The average Bonchev–Trinajstić information content (AvgIpc) is 2.62. The number of amides is 2. The number of alkyl halides is 1. The van der Waals surface area contributed by atoms with Crippen LogP contribution in [0.1, 0.15) is 6.92 Å². The normalized spacial score (nSPS) is 20.2. The summed E-state index contributed by atoms with van der Waals surface area (Å²) in [6.07, 6.45) is -0.573. The topological polar surface area (TPSA) is 84.9 Å². The smallest absolute Gasteiger partial charge is 0.354 e. The number of ether oxygens (including phenoxy) is 2. The number of halogens is 1. The van der Waals surface area contributed by atoms with Crippen LogP contribution in [0.15, 0.2) is 42.1 Å². The van der Waals surface area contributed by atoms with Crippen LogP contribution < -0.4 is 10.1 Å². The van der Waals surface area contributed by atoms with E-state index in [1.54, 1.807) is 30.3 Å². The van der Waals surface area contributed by atoms with E-state index in [4.69, 9.17) is 4.74 Å². The summed E-state index contributed by atoms with van der Waals surface area (Å²) in [7, 11) is 1.13. The molecule has 2 rings (SSSR count). The number of carbonyl (C=O) groups excluding carboxylic acids is 3. The Morgan fingerprint density at radius 3 is 2.54 bits per heavy atom. The number of carbonyl (C=O) groups is 3. The fraction of sp³-hybridized carbons (Fsp3) is 0.312. The SMILES string of the molecule is CC=C(C(=O)OC)N1C(=O)C(NC(=O)COc2ccccc2)C1F. The highest BCUT2D eigenvalue weighted by Gasteiger charge is 2.52. The highest BCUT2D eigenvalue weighted by atomic mass is 19.1. The molecule has 0 saturated carbocycles. The van der Waals surface area contributed by atoms with Gasteiger partial charge in [-0.3, -0.25) is 14.5 Å². The first kappa shape index (κ1) is 17.5. The van der Waals surface area contributed by atoms with Crippen molar-refractivity contribution in [1.82, 2.24) is 10.2 Å². The molecule has 1 aromatic carbocycles. The first-order chi connectivity index (χ1) is 11.5. The van der Waals surface area contributed by atoms with Gasteiger partial charge in [0.1, 0.15) is 11.4 Å². The lowest BCUT2D eigenvalue weighted by Gasteiger charge is -2.42. The minimum absolute atomic E-state index is 0.207. The predicted molar refractivity (Wildman–Crippen MR) is 81.4 cm³/mol. The molecular formula is C16H17FN2O5. The molecule has 0 aromatic heterocycles. The maximum atomic E-state index is 14.2. The van der Waals surface area contributed by atoms with Crippen LogP contribution in [0.4, 0.5) is 4.39 Å². The Kier molecular flexibility index (Phi) is 5.51. The molecule has 1 aliphatic heterocycles. The van der Waals surface area contributed by atoms with E-state index in [0.717, 1.165) is 7.11 Å². The zero-order valence-corrected chi connectivity index (χ0v) is 13.2. The number of hydrogen-bond acceptors (Lipinski definition) is 5. The molecule has 1 saturated heterocycles. The molecule has 0 radical (unpaired) electrons. The Bertz CT molecular complexity index is 662. The maximum absolute atomic E-state index is 14.2. The first-order valence-corrected chi connectivity index (χ1v) is 7.18. The zero-order valence-electron chi connectivity index (χ0n) is 13.2. The zero-order chi connectivity index (χ0) is 17.7. The summed E-state index contributed by atoms with van der Waals surface area (Å²) >= 11 is 0. The van der Waals surface area contributed by atoms with Crippen molar-refractivity contribution >= 4 is 17.8 Å². The van der Waals surface area contributed by atoms with Crippen molar-refractivity contribution in [2.24, 2.45) is 0 Å². The lowest BCUT2D eigenvalue weighted by molar-refractivity contribution is -0.164. The van der Waals surface area contributed by atoms with Gasteiger partial charge in [-0.1, -0.05) is 24.3 Å². The van der Waals surface area contributed by atoms with Crippen LogP contribution in [0.25, 0.3) is 0 Å². The van der Waals surface area contributed by atoms with Crippen molar-refractivity contribution in [2.45, 2.75) is 19.3 Å². The van der Waals surface area contributed by atoms with Gasteiger partial charge in [0.15, 0.2) is 12.6 Å². The van der Waals surface area contributed by atoms with Crippen LogP contribution in [0, 0.1) is 0 Å². The van der Waals surface area contributed by atoms with Crippen LogP contribution in [0.5, 0.6) is 5.75 Å². The van der Waals surface area contributed by atoms with Gasteiger partial charge >= 0.3 is 5.97 Å². The predicted octanol–water partition coefficient (Wildman–Crippen LogP) is 0.765. The Labute approximate surface area is 138 Å². The molecule has 2 atom stereocenters. The third-order valence-corrected chi connectivity index (χ3v) is 3.38. The lowest BCUT2D eigenvalue weighted by Crippen LogP contribution is -2.69. The second kappa shape index (κ2) is 7.58. The van der Waals surface area contributed by atoms with E-state index < -0.39 is 30.1 Å². The van der Waals surface area contributed by atoms with E-state index in [0.29, 0.717) is 10.6 Å². The van der Waals surface area contributed by atoms with E-state index in [-0.39, 0.29) is 12.3 Å². The van der Waals surface area contributed by atoms with Crippen molar-refractivity contribution in [3.8, 4) is 5.75 Å². The molecule has 1 N–H and O–H groups in total. The number of rotatable bonds is 6. The molecule has 1 heterocycles. The van der Waals surface area contributed by atoms with Gasteiger partial charge in [0, 0.05) is 0 Å². The van der Waals surface area contributed by atoms with Crippen LogP contribution in [-0.2, 0) is 19.1 Å². The minimum atomic E-state index is -1.84. The van der Waals surface area contributed by atoms with Crippen molar-refractivity contribution in [3.05, 3.63) is 42.1 Å². The van der Waals surface area contributed by atoms with Crippen molar-refractivity contribution < 1.29 is 28.2 Å². The summed E-state index contributed by atoms with van der Waals surface area (Å²) < 4.78 is 23.9. The molecule has 1 aromatic rings. The highest BCUT2D eigenvalue weighted by Crippen LogP contribution is 2.27. The van der Waals surface area contributed by atoms with Crippen molar-refractivity contribution in [1.29, 1.82) is 0 Å². The number of nitrogens with one attached hydrogen (secondary N) is 1. The molecule has 0 spiro atoms. The fourth-order valence-corrected chi connectivity index (χ4v) is 2.18.